The fraction of sp³-hybridized carbons (Fsp3) is 0.263. The van der Waals surface area contributed by atoms with Crippen LogP contribution in [0.25, 0.3) is 0 Å². The predicted octanol–water partition coefficient (Wildman–Crippen LogP) is 4.62. The van der Waals surface area contributed by atoms with Crippen molar-refractivity contribution < 1.29 is 14.0 Å². The summed E-state index contributed by atoms with van der Waals surface area (Å²) in [6.45, 7) is 0.884. The molecule has 0 saturated carbocycles. The molecule has 0 spiro atoms. The Morgan fingerprint density at radius 2 is 1.85 bits per heavy atom. The largest absolute Gasteiger partial charge is 0.338 e. The van der Waals surface area contributed by atoms with E-state index >= 15 is 0 Å². The van der Waals surface area contributed by atoms with Crippen LogP contribution in [0.1, 0.15) is 23.2 Å². The van der Waals surface area contributed by atoms with E-state index in [-0.39, 0.29) is 17.7 Å². The van der Waals surface area contributed by atoms with E-state index in [0.29, 0.717) is 40.8 Å². The maximum atomic E-state index is 13.0. The summed E-state index contributed by atoms with van der Waals surface area (Å²) >= 11 is 11.9. The SMILES string of the molecule is O=C(Nc1ccc(Cl)cc1Cl)C1CCCN(C(=O)c2ccc(F)cc2)C1. The third-order valence-corrected chi connectivity index (χ3v) is 4.91. The molecule has 1 fully saturated rings. The summed E-state index contributed by atoms with van der Waals surface area (Å²) in [5.41, 5.74) is 0.899. The van der Waals surface area contributed by atoms with Gasteiger partial charge in [0.15, 0.2) is 0 Å². The van der Waals surface area contributed by atoms with E-state index < -0.39 is 5.82 Å². The first kappa shape index (κ1) is 18.7. The predicted molar refractivity (Wildman–Crippen MR) is 100 cm³/mol. The first-order valence-electron chi connectivity index (χ1n) is 8.25. The molecule has 0 aromatic heterocycles. The van der Waals surface area contributed by atoms with E-state index in [9.17, 15) is 14.0 Å². The lowest BCUT2D eigenvalue weighted by Crippen LogP contribution is -2.43. The molecular formula is C19H17Cl2FN2O2. The highest BCUT2D eigenvalue weighted by Gasteiger charge is 2.29. The Kier molecular flexibility index (Phi) is 5.79. The van der Waals surface area contributed by atoms with Crippen LogP contribution < -0.4 is 5.32 Å². The van der Waals surface area contributed by atoms with Gasteiger partial charge >= 0.3 is 0 Å². The summed E-state index contributed by atoms with van der Waals surface area (Å²) in [6, 6.07) is 10.3. The Bertz CT molecular complexity index is 827. The van der Waals surface area contributed by atoms with Crippen molar-refractivity contribution in [2.24, 2.45) is 5.92 Å². The fourth-order valence-electron chi connectivity index (χ4n) is 2.98. The Morgan fingerprint density at radius 1 is 1.12 bits per heavy atom. The third-order valence-electron chi connectivity index (χ3n) is 4.36. The molecule has 2 aromatic carbocycles. The standard InChI is InChI=1S/C19H17Cl2FN2O2/c20-14-5-8-17(16(21)10-14)23-18(25)13-2-1-9-24(11-13)19(26)12-3-6-15(22)7-4-12/h3-8,10,13H,1-2,9,11H2,(H,23,25). The minimum absolute atomic E-state index is 0.189. The molecule has 3 rings (SSSR count). The maximum absolute atomic E-state index is 13.0. The molecule has 0 aliphatic carbocycles. The van der Waals surface area contributed by atoms with Gasteiger partial charge in [-0.1, -0.05) is 23.2 Å². The van der Waals surface area contributed by atoms with E-state index in [1.807, 2.05) is 0 Å². The van der Waals surface area contributed by atoms with Gasteiger partial charge in [-0.3, -0.25) is 9.59 Å². The first-order chi connectivity index (χ1) is 12.4. The summed E-state index contributed by atoms with van der Waals surface area (Å²) < 4.78 is 13.0. The van der Waals surface area contributed by atoms with Gasteiger partial charge in [0.05, 0.1) is 16.6 Å². The van der Waals surface area contributed by atoms with Crippen molar-refractivity contribution >= 4 is 40.7 Å². The Morgan fingerprint density at radius 3 is 2.54 bits per heavy atom. The lowest BCUT2D eigenvalue weighted by atomic mass is 9.96. The summed E-state index contributed by atoms with van der Waals surface area (Å²) in [6.07, 6.45) is 1.41. The third kappa shape index (κ3) is 4.34. The molecule has 4 nitrogen and oxygen atoms in total. The van der Waals surface area contributed by atoms with Gasteiger partial charge in [-0.15, -0.1) is 0 Å². The van der Waals surface area contributed by atoms with Gasteiger partial charge in [-0.2, -0.15) is 0 Å². The van der Waals surface area contributed by atoms with Gasteiger partial charge < -0.3 is 10.2 Å². The number of carbonyl (C=O) groups excluding carboxylic acids is 2. The number of rotatable bonds is 3. The van der Waals surface area contributed by atoms with Crippen LogP contribution in [0.4, 0.5) is 10.1 Å². The number of hydrogen-bond acceptors (Lipinski definition) is 2. The van der Waals surface area contributed by atoms with Crippen LogP contribution in [0.5, 0.6) is 0 Å². The highest BCUT2D eigenvalue weighted by molar-refractivity contribution is 6.36. The Balaban J connectivity index is 1.66. The number of nitrogens with zero attached hydrogens (tertiary/aromatic N) is 1. The van der Waals surface area contributed by atoms with E-state index in [1.54, 1.807) is 23.1 Å². The monoisotopic (exact) mass is 394 g/mol. The summed E-state index contributed by atoms with van der Waals surface area (Å²) in [5.74, 6) is -1.12. The molecule has 1 unspecified atom stereocenters. The lowest BCUT2D eigenvalue weighted by Gasteiger charge is -2.32. The average Bonchev–Trinajstić information content (AvgIpc) is 2.64. The van der Waals surface area contributed by atoms with Crippen LogP contribution in [0.3, 0.4) is 0 Å². The summed E-state index contributed by atoms with van der Waals surface area (Å²) in [7, 11) is 0. The summed E-state index contributed by atoms with van der Waals surface area (Å²) in [4.78, 5) is 26.8. The number of benzene rings is 2. The second-order valence-electron chi connectivity index (χ2n) is 6.21. The van der Waals surface area contributed by atoms with Gasteiger partial charge in [0.25, 0.3) is 5.91 Å². The van der Waals surface area contributed by atoms with Gasteiger partial charge in [-0.25, -0.2) is 4.39 Å². The number of likely N-dealkylation sites (tertiary alicyclic amines) is 1. The van der Waals surface area contributed by atoms with Crippen LogP contribution in [-0.4, -0.2) is 29.8 Å². The van der Waals surface area contributed by atoms with Gasteiger partial charge in [0, 0.05) is 23.7 Å². The van der Waals surface area contributed by atoms with Crippen molar-refractivity contribution in [1.29, 1.82) is 0 Å². The Hall–Kier alpha value is -2.11. The minimum Gasteiger partial charge on any atom is -0.338 e. The molecule has 1 aliphatic heterocycles. The lowest BCUT2D eigenvalue weighted by molar-refractivity contribution is -0.121. The van der Waals surface area contributed by atoms with Gasteiger partial charge in [0.2, 0.25) is 5.91 Å². The number of nitrogens with one attached hydrogen (secondary N) is 1. The van der Waals surface area contributed by atoms with Crippen molar-refractivity contribution in [3.8, 4) is 0 Å². The first-order valence-corrected chi connectivity index (χ1v) is 9.00. The minimum atomic E-state index is -0.391. The average molecular weight is 395 g/mol. The maximum Gasteiger partial charge on any atom is 0.253 e. The number of piperidine rings is 1. The van der Waals surface area contributed by atoms with E-state index in [2.05, 4.69) is 5.32 Å². The molecule has 136 valence electrons. The van der Waals surface area contributed by atoms with Crippen LogP contribution in [0.15, 0.2) is 42.5 Å². The quantitative estimate of drug-likeness (QED) is 0.825. The molecule has 1 N–H and O–H groups in total. The smallest absolute Gasteiger partial charge is 0.253 e. The van der Waals surface area contributed by atoms with Crippen LogP contribution >= 0.6 is 23.2 Å². The zero-order valence-electron chi connectivity index (χ0n) is 13.8. The molecule has 2 aromatic rings. The molecule has 2 amide bonds. The number of hydrogen-bond donors (Lipinski definition) is 1. The van der Waals surface area contributed by atoms with Crippen molar-refractivity contribution in [3.63, 3.8) is 0 Å². The number of carbonyl (C=O) groups is 2. The van der Waals surface area contributed by atoms with Crippen molar-refractivity contribution in [3.05, 3.63) is 63.9 Å². The molecule has 1 atom stereocenters. The normalized spacial score (nSPS) is 17.0. The molecule has 0 bridgehead atoms. The highest BCUT2D eigenvalue weighted by Crippen LogP contribution is 2.27. The van der Waals surface area contributed by atoms with Crippen LogP contribution in [0, 0.1) is 11.7 Å². The number of amides is 2. The molecule has 1 saturated heterocycles. The van der Waals surface area contributed by atoms with E-state index in [0.717, 1.165) is 6.42 Å². The highest BCUT2D eigenvalue weighted by atomic mass is 35.5. The van der Waals surface area contributed by atoms with Gasteiger partial charge in [-0.05, 0) is 55.3 Å². The van der Waals surface area contributed by atoms with Crippen molar-refractivity contribution in [2.45, 2.75) is 12.8 Å². The molecule has 1 aliphatic rings. The van der Waals surface area contributed by atoms with E-state index in [4.69, 9.17) is 23.2 Å². The zero-order valence-corrected chi connectivity index (χ0v) is 15.4. The van der Waals surface area contributed by atoms with Crippen LogP contribution in [0.2, 0.25) is 10.0 Å². The van der Waals surface area contributed by atoms with Crippen molar-refractivity contribution in [1.82, 2.24) is 4.90 Å². The number of halogens is 3. The topological polar surface area (TPSA) is 49.4 Å². The molecular weight excluding hydrogens is 378 g/mol. The second kappa shape index (κ2) is 8.06. The molecule has 26 heavy (non-hydrogen) atoms. The molecule has 7 heteroatoms. The summed E-state index contributed by atoms with van der Waals surface area (Å²) in [5, 5.41) is 3.65. The second-order valence-corrected chi connectivity index (χ2v) is 7.05. The van der Waals surface area contributed by atoms with E-state index in [1.165, 1.54) is 24.3 Å². The fourth-order valence-corrected chi connectivity index (χ4v) is 3.43. The molecule has 1 heterocycles. The van der Waals surface area contributed by atoms with Gasteiger partial charge in [0.1, 0.15) is 5.82 Å². The molecule has 0 radical (unpaired) electrons. The van der Waals surface area contributed by atoms with Crippen LogP contribution in [-0.2, 0) is 4.79 Å². The zero-order chi connectivity index (χ0) is 18.7. The van der Waals surface area contributed by atoms with Crippen molar-refractivity contribution in [2.75, 3.05) is 18.4 Å². The Labute approximate surface area is 160 Å². The number of anilines is 1.